The van der Waals surface area contributed by atoms with Crippen molar-refractivity contribution in [2.45, 2.75) is 0 Å². The molecule has 0 heteroatoms. The van der Waals surface area contributed by atoms with Crippen LogP contribution in [-0.4, -0.2) is 0 Å². The Balaban J connectivity index is 2.07. The Hall–Kier alpha value is -1.30. The molecule has 10 heavy (non-hydrogen) atoms. The Kier molecular flexibility index (Phi) is 0.877. The minimum atomic E-state index is 1.09. The van der Waals surface area contributed by atoms with Crippen molar-refractivity contribution in [1.82, 2.24) is 0 Å². The Morgan fingerprint density at radius 2 is 2.00 bits per heavy atom. The lowest BCUT2D eigenvalue weighted by atomic mass is 10.2. The van der Waals surface area contributed by atoms with E-state index in [0.29, 0.717) is 0 Å². The zero-order valence-electron chi connectivity index (χ0n) is 5.72. The molecule has 0 radical (unpaired) electrons. The first-order chi connectivity index (χ1) is 4.77. The van der Waals surface area contributed by atoms with Crippen LogP contribution in [0, 0.1) is 0 Å². The first-order valence-electron chi connectivity index (χ1n) is 3.27. The van der Waals surface area contributed by atoms with E-state index in [1.165, 1.54) is 11.1 Å². The molecule has 0 unspecified atom stereocenters. The van der Waals surface area contributed by atoms with E-state index >= 15 is 0 Å². The summed E-state index contributed by atoms with van der Waals surface area (Å²) in [6.45, 7) is 7.70. The van der Waals surface area contributed by atoms with Gasteiger partial charge in [0.05, 0.1) is 0 Å². The summed E-state index contributed by atoms with van der Waals surface area (Å²) in [5.41, 5.74) is 4.72. The van der Waals surface area contributed by atoms with Crippen LogP contribution in [0.5, 0.6) is 0 Å². The van der Waals surface area contributed by atoms with Crippen LogP contribution < -0.4 is 0 Å². The molecule has 0 nitrogen and oxygen atoms in total. The van der Waals surface area contributed by atoms with E-state index in [1.54, 1.807) is 0 Å². The zero-order chi connectivity index (χ0) is 7.14. The third kappa shape index (κ3) is 0.883. The average Bonchev–Trinajstić information content (AvgIpc) is 2.66. The quantitative estimate of drug-likeness (QED) is 0.536. The van der Waals surface area contributed by atoms with Gasteiger partial charge in [-0.3, -0.25) is 0 Å². The van der Waals surface area contributed by atoms with Crippen molar-refractivity contribution >= 4 is 0 Å². The molecule has 0 N–H and O–H groups in total. The van der Waals surface area contributed by atoms with E-state index in [9.17, 15) is 0 Å². The third-order valence-electron chi connectivity index (χ3n) is 1.63. The van der Waals surface area contributed by atoms with Gasteiger partial charge >= 0.3 is 0 Å². The van der Waals surface area contributed by atoms with Gasteiger partial charge < -0.3 is 0 Å². The molecule has 0 aromatic rings. The fourth-order valence-electron chi connectivity index (χ4n) is 0.860. The van der Waals surface area contributed by atoms with E-state index < -0.39 is 0 Å². The lowest BCUT2D eigenvalue weighted by Gasteiger charge is -1.87. The van der Waals surface area contributed by atoms with Crippen molar-refractivity contribution in [2.75, 3.05) is 0 Å². The maximum atomic E-state index is 3.90. The molecule has 0 aromatic heterocycles. The van der Waals surface area contributed by atoms with Crippen molar-refractivity contribution < 1.29 is 0 Å². The van der Waals surface area contributed by atoms with Crippen LogP contribution in [0.1, 0.15) is 0 Å². The molecular weight excluding hydrogens is 120 g/mol. The molecule has 0 heterocycles. The molecule has 2 aliphatic rings. The molecule has 0 fully saturated rings. The second kappa shape index (κ2) is 1.60. The fourth-order valence-corrected chi connectivity index (χ4v) is 0.860. The van der Waals surface area contributed by atoms with Gasteiger partial charge in [-0.15, -0.1) is 0 Å². The first kappa shape index (κ1) is 5.48. The Labute approximate surface area is 60.6 Å². The van der Waals surface area contributed by atoms with Crippen molar-refractivity contribution in [3.63, 3.8) is 0 Å². The molecule has 0 saturated carbocycles. The maximum absolute atomic E-state index is 3.90. The van der Waals surface area contributed by atoms with Gasteiger partial charge in [0.25, 0.3) is 0 Å². The van der Waals surface area contributed by atoms with Gasteiger partial charge in [0.15, 0.2) is 0 Å². The van der Waals surface area contributed by atoms with Gasteiger partial charge in [-0.1, -0.05) is 25.3 Å². The molecule has 0 spiro atoms. The van der Waals surface area contributed by atoms with Crippen LogP contribution in [0.2, 0.25) is 0 Å². The van der Waals surface area contributed by atoms with Gasteiger partial charge in [-0.05, 0) is 34.4 Å². The molecule has 2 rings (SSSR count). The lowest BCUT2D eigenvalue weighted by Crippen LogP contribution is -1.68. The highest BCUT2D eigenvalue weighted by atomic mass is 14.2. The number of hydrogen-bond donors (Lipinski definition) is 0. The predicted octanol–water partition coefficient (Wildman–Crippen LogP) is 2.54. The molecular formula is C10H8. The fraction of sp³-hybridized carbons (Fsp3) is 0. The normalized spacial score (nSPS) is 18.6. The van der Waals surface area contributed by atoms with Crippen molar-refractivity contribution in [3.8, 4) is 0 Å². The highest BCUT2D eigenvalue weighted by Crippen LogP contribution is 2.34. The minimum absolute atomic E-state index is 1.09. The monoisotopic (exact) mass is 128 g/mol. The van der Waals surface area contributed by atoms with E-state index in [4.69, 9.17) is 0 Å². The SMILES string of the molecule is C=C(C=C1C=C1)C1=CC1=C. The van der Waals surface area contributed by atoms with E-state index in [1.807, 2.05) is 6.08 Å². The predicted molar refractivity (Wildman–Crippen MR) is 43.6 cm³/mol. The minimum Gasteiger partial charge on any atom is -0.0911 e. The van der Waals surface area contributed by atoms with Crippen LogP contribution in [-0.2, 0) is 0 Å². The number of allylic oxidation sites excluding steroid dienone is 8. The van der Waals surface area contributed by atoms with Crippen LogP contribution >= 0.6 is 0 Å². The molecule has 48 valence electrons. The van der Waals surface area contributed by atoms with Crippen LogP contribution in [0.4, 0.5) is 0 Å². The molecule has 0 aliphatic heterocycles. The summed E-state index contributed by atoms with van der Waals surface area (Å²) in [5.74, 6) is 0. The van der Waals surface area contributed by atoms with Crippen molar-refractivity contribution in [3.05, 3.63) is 59.8 Å². The molecule has 0 amide bonds. The standard InChI is InChI=1S/C10H8/c1-7(5-9-3-4-9)10-6-8(10)2/h3-6H,1-2H2. The van der Waals surface area contributed by atoms with Gasteiger partial charge in [0.2, 0.25) is 0 Å². The number of hydrogen-bond acceptors (Lipinski definition) is 0. The smallest absolute Gasteiger partial charge is 0.0117 e. The largest absolute Gasteiger partial charge is 0.0911 e. The molecule has 0 saturated heterocycles. The van der Waals surface area contributed by atoms with Gasteiger partial charge in [0.1, 0.15) is 0 Å². The summed E-state index contributed by atoms with van der Waals surface area (Å²) in [6.07, 6.45) is 8.25. The van der Waals surface area contributed by atoms with Crippen LogP contribution in [0.15, 0.2) is 59.8 Å². The number of rotatable bonds is 2. The second-order valence-electron chi connectivity index (χ2n) is 2.59. The summed E-state index contributed by atoms with van der Waals surface area (Å²) in [4.78, 5) is 0. The van der Waals surface area contributed by atoms with Crippen molar-refractivity contribution in [1.29, 1.82) is 0 Å². The summed E-state index contributed by atoms with van der Waals surface area (Å²) >= 11 is 0. The molecule has 0 atom stereocenters. The van der Waals surface area contributed by atoms with E-state index in [-0.39, 0.29) is 0 Å². The Morgan fingerprint density at radius 3 is 2.40 bits per heavy atom. The topological polar surface area (TPSA) is 0 Å². The zero-order valence-corrected chi connectivity index (χ0v) is 5.72. The molecule has 0 bridgehead atoms. The molecule has 0 aromatic carbocycles. The van der Waals surface area contributed by atoms with Gasteiger partial charge in [0, 0.05) is 0 Å². The summed E-state index contributed by atoms with van der Waals surface area (Å²) < 4.78 is 0. The second-order valence-corrected chi connectivity index (χ2v) is 2.59. The van der Waals surface area contributed by atoms with Crippen LogP contribution in [0.25, 0.3) is 0 Å². The maximum Gasteiger partial charge on any atom is -0.0117 e. The average molecular weight is 128 g/mol. The molecule has 2 aliphatic carbocycles. The van der Waals surface area contributed by atoms with E-state index in [0.717, 1.165) is 11.1 Å². The highest BCUT2D eigenvalue weighted by Gasteiger charge is 2.15. The summed E-state index contributed by atoms with van der Waals surface area (Å²) in [5, 5.41) is 0. The van der Waals surface area contributed by atoms with Crippen LogP contribution in [0.3, 0.4) is 0 Å². The summed E-state index contributed by atoms with van der Waals surface area (Å²) in [7, 11) is 0. The Morgan fingerprint density at radius 1 is 1.40 bits per heavy atom. The third-order valence-corrected chi connectivity index (χ3v) is 1.63. The first-order valence-corrected chi connectivity index (χ1v) is 3.27. The Bertz CT molecular complexity index is 301. The van der Waals surface area contributed by atoms with Gasteiger partial charge in [-0.25, -0.2) is 0 Å². The highest BCUT2D eigenvalue weighted by molar-refractivity contribution is 5.69. The summed E-state index contributed by atoms with van der Waals surface area (Å²) in [6, 6.07) is 0. The lowest BCUT2D eigenvalue weighted by molar-refractivity contribution is 1.67. The van der Waals surface area contributed by atoms with Gasteiger partial charge in [-0.2, -0.15) is 0 Å². The van der Waals surface area contributed by atoms with Crippen molar-refractivity contribution in [2.24, 2.45) is 0 Å². The van der Waals surface area contributed by atoms with E-state index in [2.05, 4.69) is 31.4 Å².